The van der Waals surface area contributed by atoms with Gasteiger partial charge in [0.25, 0.3) is 0 Å². The summed E-state index contributed by atoms with van der Waals surface area (Å²) in [5.74, 6) is 0.166. The predicted molar refractivity (Wildman–Crippen MR) is 53.8 cm³/mol. The van der Waals surface area contributed by atoms with Crippen LogP contribution in [-0.4, -0.2) is 32.5 Å². The van der Waals surface area contributed by atoms with Gasteiger partial charge >= 0.3 is 6.18 Å². The van der Waals surface area contributed by atoms with Gasteiger partial charge in [-0.2, -0.15) is 13.2 Å². The summed E-state index contributed by atoms with van der Waals surface area (Å²) in [6.45, 7) is 4.66. The molecule has 0 aliphatic rings. The second-order valence-electron chi connectivity index (χ2n) is 3.61. The van der Waals surface area contributed by atoms with Gasteiger partial charge in [0.05, 0.1) is 6.61 Å². The van der Waals surface area contributed by atoms with Gasteiger partial charge in [-0.05, 0) is 25.3 Å². The van der Waals surface area contributed by atoms with Crippen LogP contribution in [0.1, 0.15) is 26.7 Å². The van der Waals surface area contributed by atoms with Crippen molar-refractivity contribution in [3.63, 3.8) is 0 Å². The molecule has 0 aromatic rings. The van der Waals surface area contributed by atoms with Crippen LogP contribution in [0, 0.1) is 5.92 Å². The molecule has 0 bridgehead atoms. The molecule has 0 heterocycles. The van der Waals surface area contributed by atoms with Crippen LogP contribution in [0.25, 0.3) is 0 Å². The Balaban J connectivity index is 3.52. The highest BCUT2D eigenvalue weighted by molar-refractivity contribution is 4.60. The van der Waals surface area contributed by atoms with Crippen LogP contribution in [0.5, 0.6) is 0 Å². The van der Waals surface area contributed by atoms with E-state index in [9.17, 15) is 13.2 Å². The van der Waals surface area contributed by atoms with Crippen LogP contribution >= 0.6 is 0 Å². The van der Waals surface area contributed by atoms with Gasteiger partial charge in [0.1, 0.15) is 6.61 Å². The number of rotatable bonds is 8. The van der Waals surface area contributed by atoms with Crippen molar-refractivity contribution in [2.75, 3.05) is 26.3 Å². The Labute approximate surface area is 89.2 Å². The highest BCUT2D eigenvalue weighted by Crippen LogP contribution is 2.15. The summed E-state index contributed by atoms with van der Waals surface area (Å²) in [6.07, 6.45) is -2.36. The molecule has 15 heavy (non-hydrogen) atoms. The molecule has 0 saturated heterocycles. The van der Waals surface area contributed by atoms with Crippen molar-refractivity contribution in [3.05, 3.63) is 0 Å². The third-order valence-electron chi connectivity index (χ3n) is 2.06. The maximum absolute atomic E-state index is 11.8. The molecule has 0 aromatic carbocycles. The molecule has 0 aromatic heterocycles. The molecule has 1 unspecified atom stereocenters. The smallest absolute Gasteiger partial charge is 0.372 e. The fourth-order valence-corrected chi connectivity index (χ4v) is 1.15. The Morgan fingerprint density at radius 1 is 1.27 bits per heavy atom. The Kier molecular flexibility index (Phi) is 7.78. The molecule has 0 spiro atoms. The average molecular weight is 227 g/mol. The first kappa shape index (κ1) is 14.7. The lowest BCUT2D eigenvalue weighted by Crippen LogP contribution is -2.28. The molecule has 1 N–H and O–H groups in total. The van der Waals surface area contributed by atoms with E-state index in [0.29, 0.717) is 0 Å². The topological polar surface area (TPSA) is 21.3 Å². The number of hydrogen-bond acceptors (Lipinski definition) is 2. The molecule has 0 saturated carbocycles. The summed E-state index contributed by atoms with van der Waals surface area (Å²) >= 11 is 0. The van der Waals surface area contributed by atoms with Gasteiger partial charge in [-0.1, -0.05) is 13.8 Å². The Hall–Kier alpha value is -0.290. The molecular weight excluding hydrogens is 207 g/mol. The minimum absolute atomic E-state index is 0.166. The molecule has 92 valence electrons. The van der Waals surface area contributed by atoms with E-state index >= 15 is 0 Å². The molecule has 0 aliphatic heterocycles. The minimum Gasteiger partial charge on any atom is -0.372 e. The molecule has 2 nitrogen and oxygen atoms in total. The van der Waals surface area contributed by atoms with Crippen molar-refractivity contribution >= 4 is 0 Å². The van der Waals surface area contributed by atoms with Gasteiger partial charge in [0, 0.05) is 6.54 Å². The SMILES string of the molecule is CCCNCC(CC)COCC(F)(F)F. The van der Waals surface area contributed by atoms with Crippen LogP contribution in [0.15, 0.2) is 0 Å². The third kappa shape index (κ3) is 10.0. The molecule has 0 fully saturated rings. The molecule has 5 heteroatoms. The highest BCUT2D eigenvalue weighted by atomic mass is 19.4. The van der Waals surface area contributed by atoms with E-state index in [1.807, 2.05) is 13.8 Å². The summed E-state index contributed by atoms with van der Waals surface area (Å²) in [5.41, 5.74) is 0. The standard InChI is InChI=1S/C10H20F3NO/c1-3-5-14-6-9(4-2)7-15-8-10(11,12)13/h9,14H,3-8H2,1-2H3. The van der Waals surface area contributed by atoms with Gasteiger partial charge in [-0.3, -0.25) is 0 Å². The van der Waals surface area contributed by atoms with Crippen LogP contribution < -0.4 is 5.32 Å². The van der Waals surface area contributed by atoms with Crippen molar-refractivity contribution in [2.24, 2.45) is 5.92 Å². The quantitative estimate of drug-likeness (QED) is 0.643. The van der Waals surface area contributed by atoms with Crippen molar-refractivity contribution < 1.29 is 17.9 Å². The fourth-order valence-electron chi connectivity index (χ4n) is 1.15. The second-order valence-corrected chi connectivity index (χ2v) is 3.61. The lowest BCUT2D eigenvalue weighted by molar-refractivity contribution is -0.176. The normalized spacial score (nSPS) is 14.2. The van der Waals surface area contributed by atoms with Crippen molar-refractivity contribution in [2.45, 2.75) is 32.9 Å². The molecule has 0 radical (unpaired) electrons. The molecule has 0 aliphatic carbocycles. The molecule has 1 atom stereocenters. The van der Waals surface area contributed by atoms with E-state index in [-0.39, 0.29) is 12.5 Å². The number of alkyl halides is 3. The summed E-state index contributed by atoms with van der Waals surface area (Å²) in [7, 11) is 0. The largest absolute Gasteiger partial charge is 0.411 e. The highest BCUT2D eigenvalue weighted by Gasteiger charge is 2.27. The van der Waals surface area contributed by atoms with Crippen LogP contribution in [0.3, 0.4) is 0 Å². The zero-order chi connectivity index (χ0) is 11.7. The van der Waals surface area contributed by atoms with E-state index in [1.54, 1.807) is 0 Å². The molecular formula is C10H20F3NO. The van der Waals surface area contributed by atoms with E-state index in [4.69, 9.17) is 0 Å². The van der Waals surface area contributed by atoms with E-state index in [0.717, 1.165) is 25.9 Å². The summed E-state index contributed by atoms with van der Waals surface area (Å²) in [5, 5.41) is 3.17. The Morgan fingerprint density at radius 2 is 1.93 bits per heavy atom. The average Bonchev–Trinajstić information content (AvgIpc) is 2.14. The van der Waals surface area contributed by atoms with Crippen LogP contribution in [0.2, 0.25) is 0 Å². The van der Waals surface area contributed by atoms with Gasteiger partial charge in [-0.15, -0.1) is 0 Å². The minimum atomic E-state index is -4.21. The number of hydrogen-bond donors (Lipinski definition) is 1. The number of ether oxygens (including phenoxy) is 1. The lowest BCUT2D eigenvalue weighted by Gasteiger charge is -2.16. The first-order valence-electron chi connectivity index (χ1n) is 5.34. The van der Waals surface area contributed by atoms with Gasteiger partial charge in [0.15, 0.2) is 0 Å². The van der Waals surface area contributed by atoms with E-state index in [1.165, 1.54) is 0 Å². The molecule has 0 rings (SSSR count). The summed E-state index contributed by atoms with van der Waals surface area (Å²) in [6, 6.07) is 0. The van der Waals surface area contributed by atoms with Crippen LogP contribution in [-0.2, 0) is 4.74 Å². The fraction of sp³-hybridized carbons (Fsp3) is 1.00. The van der Waals surface area contributed by atoms with Crippen LogP contribution in [0.4, 0.5) is 13.2 Å². The van der Waals surface area contributed by atoms with Crippen molar-refractivity contribution in [1.82, 2.24) is 5.32 Å². The Bertz CT molecular complexity index is 150. The number of nitrogens with one attached hydrogen (secondary N) is 1. The van der Waals surface area contributed by atoms with E-state index < -0.39 is 12.8 Å². The molecule has 0 amide bonds. The first-order chi connectivity index (χ1) is 6.99. The van der Waals surface area contributed by atoms with Gasteiger partial charge in [0.2, 0.25) is 0 Å². The zero-order valence-electron chi connectivity index (χ0n) is 9.36. The Morgan fingerprint density at radius 3 is 2.40 bits per heavy atom. The van der Waals surface area contributed by atoms with Crippen molar-refractivity contribution in [1.29, 1.82) is 0 Å². The zero-order valence-corrected chi connectivity index (χ0v) is 9.36. The monoisotopic (exact) mass is 227 g/mol. The maximum Gasteiger partial charge on any atom is 0.411 e. The summed E-state index contributed by atoms with van der Waals surface area (Å²) < 4.78 is 39.9. The van der Waals surface area contributed by atoms with Crippen molar-refractivity contribution in [3.8, 4) is 0 Å². The maximum atomic E-state index is 11.8. The first-order valence-corrected chi connectivity index (χ1v) is 5.34. The lowest BCUT2D eigenvalue weighted by atomic mass is 10.1. The predicted octanol–water partition coefficient (Wildman–Crippen LogP) is 2.59. The van der Waals surface area contributed by atoms with Gasteiger partial charge in [-0.25, -0.2) is 0 Å². The number of halogens is 3. The van der Waals surface area contributed by atoms with Gasteiger partial charge < -0.3 is 10.1 Å². The third-order valence-corrected chi connectivity index (χ3v) is 2.06. The van der Waals surface area contributed by atoms with E-state index in [2.05, 4.69) is 10.1 Å². The second kappa shape index (κ2) is 7.93. The summed E-state index contributed by atoms with van der Waals surface area (Å²) in [4.78, 5) is 0.